The van der Waals surface area contributed by atoms with E-state index in [-0.39, 0.29) is 9.99 Å². The lowest BCUT2D eigenvalue weighted by Crippen LogP contribution is -1.99. The molecule has 15 heavy (non-hydrogen) atoms. The third-order valence-electron chi connectivity index (χ3n) is 2.09. The molecule has 0 saturated carbocycles. The van der Waals surface area contributed by atoms with Gasteiger partial charge in [-0.2, -0.15) is 0 Å². The van der Waals surface area contributed by atoms with Gasteiger partial charge in [0.2, 0.25) is 14.9 Å². The van der Waals surface area contributed by atoms with E-state index in [1.54, 1.807) is 30.3 Å². The Morgan fingerprint density at radius 2 is 1.73 bits per heavy atom. The average molecular weight is 222 g/mol. The van der Waals surface area contributed by atoms with E-state index in [1.807, 2.05) is 6.92 Å². The summed E-state index contributed by atoms with van der Waals surface area (Å²) in [4.78, 5) is 0.253. The molecule has 1 aromatic carbocycles. The maximum absolute atomic E-state index is 11.9. The third kappa shape index (κ3) is 1.80. The standard InChI is InChI=1S/C11H10O3S/c1-9-4-6-10(7-5-9)15(12,13)11-3-2-8-14-11/h2-8H,1H3. The maximum atomic E-state index is 11.9. The summed E-state index contributed by atoms with van der Waals surface area (Å²) in [6.07, 6.45) is 1.35. The minimum atomic E-state index is -3.48. The number of hydrogen-bond donors (Lipinski definition) is 0. The van der Waals surface area contributed by atoms with Gasteiger partial charge in [-0.3, -0.25) is 0 Å². The van der Waals surface area contributed by atoms with Crippen LogP contribution in [0.4, 0.5) is 0 Å². The van der Waals surface area contributed by atoms with Gasteiger partial charge in [0, 0.05) is 0 Å². The Hall–Kier alpha value is -1.55. The van der Waals surface area contributed by atoms with Crippen LogP contribution in [0.15, 0.2) is 57.1 Å². The highest BCUT2D eigenvalue weighted by atomic mass is 32.2. The Kier molecular flexibility index (Phi) is 2.36. The lowest BCUT2D eigenvalue weighted by atomic mass is 10.2. The van der Waals surface area contributed by atoms with Crippen molar-refractivity contribution < 1.29 is 12.8 Å². The van der Waals surface area contributed by atoms with Gasteiger partial charge in [-0.15, -0.1) is 0 Å². The van der Waals surface area contributed by atoms with Crippen molar-refractivity contribution in [2.75, 3.05) is 0 Å². The largest absolute Gasteiger partial charge is 0.453 e. The molecular formula is C11H10O3S. The van der Waals surface area contributed by atoms with Gasteiger partial charge < -0.3 is 4.42 Å². The first-order chi connectivity index (χ1) is 7.10. The Bertz CT molecular complexity index is 536. The molecule has 4 heteroatoms. The van der Waals surface area contributed by atoms with Crippen molar-refractivity contribution in [2.45, 2.75) is 16.9 Å². The second-order valence-corrected chi connectivity index (χ2v) is 5.13. The third-order valence-corrected chi connectivity index (χ3v) is 3.75. The first-order valence-electron chi connectivity index (χ1n) is 4.46. The van der Waals surface area contributed by atoms with Crippen LogP contribution in [0.5, 0.6) is 0 Å². The molecule has 0 amide bonds. The number of aryl methyl sites for hydroxylation is 1. The van der Waals surface area contributed by atoms with Crippen molar-refractivity contribution in [3.63, 3.8) is 0 Å². The van der Waals surface area contributed by atoms with Crippen LogP contribution in [-0.2, 0) is 9.84 Å². The molecule has 0 saturated heterocycles. The molecule has 0 aliphatic rings. The van der Waals surface area contributed by atoms with E-state index < -0.39 is 9.84 Å². The van der Waals surface area contributed by atoms with Gasteiger partial charge in [-0.05, 0) is 31.2 Å². The van der Waals surface area contributed by atoms with Crippen LogP contribution in [0.25, 0.3) is 0 Å². The predicted molar refractivity (Wildman–Crippen MR) is 55.3 cm³/mol. The molecule has 0 N–H and O–H groups in total. The van der Waals surface area contributed by atoms with Crippen molar-refractivity contribution in [3.05, 3.63) is 48.2 Å². The highest BCUT2D eigenvalue weighted by molar-refractivity contribution is 7.91. The Balaban J connectivity index is 2.52. The molecule has 1 heterocycles. The number of furan rings is 1. The molecular weight excluding hydrogens is 212 g/mol. The molecule has 0 fully saturated rings. The van der Waals surface area contributed by atoms with Crippen LogP contribution in [-0.4, -0.2) is 8.42 Å². The zero-order valence-electron chi connectivity index (χ0n) is 8.17. The van der Waals surface area contributed by atoms with Crippen molar-refractivity contribution in [2.24, 2.45) is 0 Å². The second-order valence-electron chi connectivity index (χ2n) is 3.25. The number of hydrogen-bond acceptors (Lipinski definition) is 3. The lowest BCUT2D eigenvalue weighted by Gasteiger charge is -2.00. The molecule has 0 spiro atoms. The fraction of sp³-hybridized carbons (Fsp3) is 0.0909. The summed E-state index contributed by atoms with van der Waals surface area (Å²) in [5.74, 6) is 0. The molecule has 0 bridgehead atoms. The van der Waals surface area contributed by atoms with Crippen molar-refractivity contribution in [3.8, 4) is 0 Å². The molecule has 2 aromatic rings. The summed E-state index contributed by atoms with van der Waals surface area (Å²) >= 11 is 0. The molecule has 0 unspecified atom stereocenters. The monoisotopic (exact) mass is 222 g/mol. The molecule has 2 rings (SSSR count). The molecule has 0 aliphatic heterocycles. The molecule has 1 aromatic heterocycles. The van der Waals surface area contributed by atoms with Crippen molar-refractivity contribution in [1.29, 1.82) is 0 Å². The normalized spacial score (nSPS) is 11.5. The highest BCUT2D eigenvalue weighted by Crippen LogP contribution is 2.20. The highest BCUT2D eigenvalue weighted by Gasteiger charge is 2.19. The van der Waals surface area contributed by atoms with E-state index >= 15 is 0 Å². The van der Waals surface area contributed by atoms with Gasteiger partial charge >= 0.3 is 0 Å². The Morgan fingerprint density at radius 1 is 1.07 bits per heavy atom. The van der Waals surface area contributed by atoms with Gasteiger partial charge in [0.1, 0.15) is 0 Å². The topological polar surface area (TPSA) is 47.3 Å². The average Bonchev–Trinajstić information content (AvgIpc) is 2.71. The van der Waals surface area contributed by atoms with E-state index in [4.69, 9.17) is 4.42 Å². The lowest BCUT2D eigenvalue weighted by molar-refractivity contribution is 0.450. The molecule has 0 aliphatic carbocycles. The number of benzene rings is 1. The number of sulfone groups is 1. The first-order valence-corrected chi connectivity index (χ1v) is 5.94. The fourth-order valence-electron chi connectivity index (χ4n) is 1.25. The Morgan fingerprint density at radius 3 is 2.27 bits per heavy atom. The van der Waals surface area contributed by atoms with E-state index in [0.717, 1.165) is 5.56 Å². The second kappa shape index (κ2) is 3.55. The zero-order chi connectivity index (χ0) is 10.9. The molecule has 0 atom stereocenters. The minimum Gasteiger partial charge on any atom is -0.453 e. The van der Waals surface area contributed by atoms with Gasteiger partial charge in [0.15, 0.2) is 0 Å². The van der Waals surface area contributed by atoms with Crippen LogP contribution < -0.4 is 0 Å². The van der Waals surface area contributed by atoms with Gasteiger partial charge in [0.05, 0.1) is 11.2 Å². The quantitative estimate of drug-likeness (QED) is 0.784. The summed E-state index contributed by atoms with van der Waals surface area (Å²) in [5, 5.41) is -0.0219. The molecule has 78 valence electrons. The van der Waals surface area contributed by atoms with E-state index in [1.165, 1.54) is 12.3 Å². The summed E-state index contributed by atoms with van der Waals surface area (Å²) < 4.78 is 28.7. The van der Waals surface area contributed by atoms with Gasteiger partial charge in [-0.1, -0.05) is 17.7 Å². The van der Waals surface area contributed by atoms with Gasteiger partial charge in [0.25, 0.3) is 0 Å². The van der Waals surface area contributed by atoms with Crippen molar-refractivity contribution in [1.82, 2.24) is 0 Å². The summed E-state index contributed by atoms with van der Waals surface area (Å²) in [5.41, 5.74) is 1.02. The van der Waals surface area contributed by atoms with E-state index in [9.17, 15) is 8.42 Å². The summed E-state index contributed by atoms with van der Waals surface area (Å²) in [7, 11) is -3.48. The van der Waals surface area contributed by atoms with Crippen molar-refractivity contribution >= 4 is 9.84 Å². The Labute approximate surface area is 88.3 Å². The predicted octanol–water partition coefficient (Wildman–Crippen LogP) is 2.42. The summed E-state index contributed by atoms with van der Waals surface area (Å²) in [6.45, 7) is 1.91. The van der Waals surface area contributed by atoms with Crippen LogP contribution in [0, 0.1) is 6.92 Å². The molecule has 0 radical (unpaired) electrons. The van der Waals surface area contributed by atoms with Crippen LogP contribution in [0.1, 0.15) is 5.56 Å². The zero-order valence-corrected chi connectivity index (χ0v) is 8.99. The van der Waals surface area contributed by atoms with Crippen LogP contribution >= 0.6 is 0 Å². The van der Waals surface area contributed by atoms with Crippen LogP contribution in [0.3, 0.4) is 0 Å². The maximum Gasteiger partial charge on any atom is 0.239 e. The fourth-order valence-corrected chi connectivity index (χ4v) is 2.42. The number of rotatable bonds is 2. The van der Waals surface area contributed by atoms with Gasteiger partial charge in [-0.25, -0.2) is 8.42 Å². The minimum absolute atomic E-state index is 0.0219. The van der Waals surface area contributed by atoms with E-state index in [2.05, 4.69) is 0 Å². The van der Waals surface area contributed by atoms with Crippen LogP contribution in [0.2, 0.25) is 0 Å². The van der Waals surface area contributed by atoms with E-state index in [0.29, 0.717) is 0 Å². The smallest absolute Gasteiger partial charge is 0.239 e. The molecule has 3 nitrogen and oxygen atoms in total. The first kappa shape index (κ1) is 9.98. The SMILES string of the molecule is Cc1ccc(S(=O)(=O)c2ccco2)cc1. The summed E-state index contributed by atoms with van der Waals surface area (Å²) in [6, 6.07) is 9.67.